The summed E-state index contributed by atoms with van der Waals surface area (Å²) in [5, 5.41) is 2.64. The molecule has 1 rings (SSSR count). The first kappa shape index (κ1) is 21.1. The molecule has 0 aliphatic carbocycles. The predicted molar refractivity (Wildman–Crippen MR) is 98.9 cm³/mol. The lowest BCUT2D eigenvalue weighted by Gasteiger charge is -2.35. The molecule has 1 aromatic rings. The number of carbonyl (C=O) groups is 2. The zero-order valence-corrected chi connectivity index (χ0v) is 15.9. The van der Waals surface area contributed by atoms with Crippen LogP contribution in [0.25, 0.3) is 0 Å². The van der Waals surface area contributed by atoms with Gasteiger partial charge in [-0.15, -0.1) is 0 Å². The minimum atomic E-state index is -0.404. The summed E-state index contributed by atoms with van der Waals surface area (Å²) in [4.78, 5) is 28.3. The van der Waals surface area contributed by atoms with Crippen molar-refractivity contribution in [3.8, 4) is 0 Å². The quantitative estimate of drug-likeness (QED) is 0.744. The fourth-order valence-electron chi connectivity index (χ4n) is 2.70. The fraction of sp³-hybridized carbons (Fsp3) is 0.579. The van der Waals surface area contributed by atoms with Crippen LogP contribution in [0.1, 0.15) is 40.5 Å². The van der Waals surface area contributed by atoms with E-state index < -0.39 is 5.82 Å². The molecule has 0 saturated carbocycles. The molecule has 5 nitrogen and oxygen atoms in total. The largest absolute Gasteiger partial charge is 0.336 e. The molecule has 1 N–H and O–H groups in total. The van der Waals surface area contributed by atoms with Crippen LogP contribution in [0.4, 0.5) is 10.1 Å². The van der Waals surface area contributed by atoms with E-state index in [1.54, 1.807) is 18.0 Å². The van der Waals surface area contributed by atoms with Crippen molar-refractivity contribution in [2.24, 2.45) is 0 Å². The molecule has 0 fully saturated rings. The van der Waals surface area contributed by atoms with Crippen molar-refractivity contribution in [3.63, 3.8) is 0 Å². The zero-order valence-electron chi connectivity index (χ0n) is 15.9. The van der Waals surface area contributed by atoms with E-state index in [2.05, 4.69) is 19.2 Å². The molecule has 0 aliphatic rings. The number of carbonyl (C=O) groups excluding carboxylic acids is 2. The molecule has 0 radical (unpaired) electrons. The molecule has 0 bridgehead atoms. The van der Waals surface area contributed by atoms with Gasteiger partial charge in [-0.2, -0.15) is 0 Å². The maximum Gasteiger partial charge on any atom is 0.238 e. The second-order valence-corrected chi connectivity index (χ2v) is 6.55. The first-order chi connectivity index (χ1) is 11.8. The van der Waals surface area contributed by atoms with Crippen LogP contribution in [0.5, 0.6) is 0 Å². The summed E-state index contributed by atoms with van der Waals surface area (Å²) in [6.45, 7) is 8.44. The smallest absolute Gasteiger partial charge is 0.238 e. The van der Waals surface area contributed by atoms with E-state index in [0.29, 0.717) is 5.69 Å². The Bertz CT molecular complexity index is 570. The van der Waals surface area contributed by atoms with Crippen molar-refractivity contribution in [1.82, 2.24) is 9.80 Å². The Morgan fingerprint density at radius 3 is 2.24 bits per heavy atom. The van der Waals surface area contributed by atoms with E-state index in [-0.39, 0.29) is 37.0 Å². The van der Waals surface area contributed by atoms with Gasteiger partial charge in [0.2, 0.25) is 11.8 Å². The summed E-state index contributed by atoms with van der Waals surface area (Å²) in [6.07, 6.45) is 1.78. The highest BCUT2D eigenvalue weighted by molar-refractivity contribution is 5.92. The van der Waals surface area contributed by atoms with Crippen molar-refractivity contribution < 1.29 is 14.0 Å². The van der Waals surface area contributed by atoms with Gasteiger partial charge in [-0.3, -0.25) is 14.5 Å². The van der Waals surface area contributed by atoms with Gasteiger partial charge in [0, 0.05) is 17.8 Å². The summed E-state index contributed by atoms with van der Waals surface area (Å²) in [5.74, 6) is -0.664. The van der Waals surface area contributed by atoms with E-state index in [9.17, 15) is 14.0 Å². The van der Waals surface area contributed by atoms with Crippen LogP contribution < -0.4 is 5.32 Å². The van der Waals surface area contributed by atoms with Gasteiger partial charge in [0.1, 0.15) is 5.82 Å². The van der Waals surface area contributed by atoms with Crippen LogP contribution in [-0.2, 0) is 9.59 Å². The van der Waals surface area contributed by atoms with Crippen molar-refractivity contribution in [2.75, 3.05) is 25.5 Å². The number of nitrogens with one attached hydrogen (secondary N) is 1. The first-order valence-corrected chi connectivity index (χ1v) is 8.83. The Labute approximate surface area is 150 Å². The third-order valence-corrected chi connectivity index (χ3v) is 4.35. The third kappa shape index (κ3) is 6.82. The minimum Gasteiger partial charge on any atom is -0.336 e. The lowest BCUT2D eigenvalue weighted by molar-refractivity contribution is -0.136. The van der Waals surface area contributed by atoms with E-state index in [0.717, 1.165) is 12.8 Å². The molecule has 1 aromatic carbocycles. The van der Waals surface area contributed by atoms with Crippen LogP contribution in [0.3, 0.4) is 0 Å². The predicted octanol–water partition coefficient (Wildman–Crippen LogP) is 3.12. The van der Waals surface area contributed by atoms with Gasteiger partial charge in [-0.25, -0.2) is 4.39 Å². The lowest BCUT2D eigenvalue weighted by Crippen LogP contribution is -2.49. The van der Waals surface area contributed by atoms with Gasteiger partial charge in [0.05, 0.1) is 13.1 Å². The number of amides is 2. The lowest BCUT2D eigenvalue weighted by atomic mass is 10.1. The van der Waals surface area contributed by atoms with Gasteiger partial charge >= 0.3 is 0 Å². The third-order valence-electron chi connectivity index (χ3n) is 4.35. The van der Waals surface area contributed by atoms with E-state index in [4.69, 9.17) is 0 Å². The number of hydrogen-bond donors (Lipinski definition) is 1. The normalized spacial score (nSPS) is 13.4. The molecule has 0 heterocycles. The second kappa shape index (κ2) is 10.1. The first-order valence-electron chi connectivity index (χ1n) is 8.83. The average molecular weight is 351 g/mol. The molecule has 140 valence electrons. The van der Waals surface area contributed by atoms with E-state index in [1.807, 2.05) is 18.7 Å². The second-order valence-electron chi connectivity index (χ2n) is 6.55. The van der Waals surface area contributed by atoms with Crippen molar-refractivity contribution in [3.05, 3.63) is 30.1 Å². The summed E-state index contributed by atoms with van der Waals surface area (Å²) in [7, 11) is 1.73. The van der Waals surface area contributed by atoms with Crippen molar-refractivity contribution in [1.29, 1.82) is 0 Å². The number of benzene rings is 1. The Morgan fingerprint density at radius 2 is 1.72 bits per heavy atom. The molecule has 0 aromatic heterocycles. The van der Waals surface area contributed by atoms with E-state index in [1.165, 1.54) is 18.2 Å². The molecule has 0 unspecified atom stereocenters. The maximum atomic E-state index is 13.1. The minimum absolute atomic E-state index is 0.0183. The standard InChI is InChI=1S/C19H30FN3O2/c1-6-14(3)23(15(4)7-2)19(25)13-22(5)12-18(24)21-17-10-8-9-16(20)11-17/h8-11,14-15H,6-7,12-13H2,1-5H3,(H,21,24)/t14-,15-/m1/s1. The van der Waals surface area contributed by atoms with Gasteiger partial charge in [0.15, 0.2) is 0 Å². The molecule has 0 spiro atoms. The SMILES string of the molecule is CC[C@@H](C)N(C(=O)CN(C)CC(=O)Nc1cccc(F)c1)[C@H](C)CC. The van der Waals surface area contributed by atoms with Crippen LogP contribution in [0.2, 0.25) is 0 Å². The van der Waals surface area contributed by atoms with Crippen LogP contribution in [0, 0.1) is 5.82 Å². The summed E-state index contributed by atoms with van der Waals surface area (Å²) < 4.78 is 13.1. The fourth-order valence-corrected chi connectivity index (χ4v) is 2.70. The van der Waals surface area contributed by atoms with Gasteiger partial charge < -0.3 is 10.2 Å². The summed E-state index contributed by atoms with van der Waals surface area (Å²) >= 11 is 0. The zero-order chi connectivity index (χ0) is 19.0. The number of likely N-dealkylation sites (N-methyl/N-ethyl adjacent to an activating group) is 1. The highest BCUT2D eigenvalue weighted by Crippen LogP contribution is 2.13. The molecule has 2 atom stereocenters. The summed E-state index contributed by atoms with van der Waals surface area (Å²) in [6, 6.07) is 6.07. The number of hydrogen-bond acceptors (Lipinski definition) is 3. The van der Waals surface area contributed by atoms with Gasteiger partial charge in [0.25, 0.3) is 0 Å². The molecule has 0 saturated heterocycles. The highest BCUT2D eigenvalue weighted by atomic mass is 19.1. The Morgan fingerprint density at radius 1 is 1.12 bits per heavy atom. The number of anilines is 1. The Hall–Kier alpha value is -1.95. The maximum absolute atomic E-state index is 13.1. The van der Waals surface area contributed by atoms with Gasteiger partial charge in [-0.05, 0) is 51.9 Å². The monoisotopic (exact) mass is 351 g/mol. The molecular weight excluding hydrogens is 321 g/mol. The van der Waals surface area contributed by atoms with Crippen LogP contribution in [-0.4, -0.2) is 53.8 Å². The number of rotatable bonds is 9. The molecule has 2 amide bonds. The number of nitrogens with zero attached hydrogens (tertiary/aromatic N) is 2. The average Bonchev–Trinajstić information content (AvgIpc) is 2.54. The molecular formula is C19H30FN3O2. The number of halogens is 1. The van der Waals surface area contributed by atoms with Crippen LogP contribution in [0.15, 0.2) is 24.3 Å². The molecule has 0 aliphatic heterocycles. The van der Waals surface area contributed by atoms with Crippen molar-refractivity contribution in [2.45, 2.75) is 52.6 Å². The van der Waals surface area contributed by atoms with Crippen molar-refractivity contribution >= 4 is 17.5 Å². The van der Waals surface area contributed by atoms with Crippen LogP contribution >= 0.6 is 0 Å². The molecule has 6 heteroatoms. The molecule has 25 heavy (non-hydrogen) atoms. The highest BCUT2D eigenvalue weighted by Gasteiger charge is 2.24. The Balaban J connectivity index is 2.60. The topological polar surface area (TPSA) is 52.7 Å². The Kier molecular flexibility index (Phi) is 8.55. The van der Waals surface area contributed by atoms with E-state index >= 15 is 0 Å². The van der Waals surface area contributed by atoms with Gasteiger partial charge in [-0.1, -0.05) is 19.9 Å². The summed E-state index contributed by atoms with van der Waals surface area (Å²) in [5.41, 5.74) is 0.408.